The van der Waals surface area contributed by atoms with Crippen molar-refractivity contribution in [1.82, 2.24) is 4.98 Å². The molecule has 23 heavy (non-hydrogen) atoms. The molecule has 0 aliphatic heterocycles. The minimum Gasteiger partial charge on any atom is -0.507 e. The Hall–Kier alpha value is -3.34. The van der Waals surface area contributed by atoms with Crippen LogP contribution in [0.3, 0.4) is 0 Å². The zero-order valence-corrected chi connectivity index (χ0v) is 12.0. The van der Waals surface area contributed by atoms with Crippen LogP contribution in [0, 0.1) is 0 Å². The molecule has 0 spiro atoms. The smallest absolute Gasteiger partial charge is 0.339 e. The first-order valence-corrected chi connectivity index (χ1v) is 6.88. The van der Waals surface area contributed by atoms with Crippen LogP contribution in [0.25, 0.3) is 11.1 Å². The van der Waals surface area contributed by atoms with Crippen molar-refractivity contribution in [2.45, 2.75) is 0 Å². The molecule has 3 aromatic rings. The number of ether oxygens (including phenoxy) is 1. The lowest BCUT2D eigenvalue weighted by Gasteiger charge is -2.08. The van der Waals surface area contributed by atoms with E-state index in [9.17, 15) is 9.90 Å². The maximum absolute atomic E-state index is 10.9. The van der Waals surface area contributed by atoms with E-state index >= 15 is 0 Å². The van der Waals surface area contributed by atoms with Gasteiger partial charge in [-0.15, -0.1) is 0 Å². The van der Waals surface area contributed by atoms with Crippen LogP contribution >= 0.6 is 0 Å². The van der Waals surface area contributed by atoms with Crippen molar-refractivity contribution < 1.29 is 19.7 Å². The van der Waals surface area contributed by atoms with Crippen molar-refractivity contribution in [3.63, 3.8) is 0 Å². The monoisotopic (exact) mass is 307 g/mol. The van der Waals surface area contributed by atoms with E-state index < -0.39 is 5.97 Å². The topological polar surface area (TPSA) is 79.7 Å². The van der Waals surface area contributed by atoms with Crippen LogP contribution < -0.4 is 4.74 Å². The number of carbonyl (C=O) groups is 1. The highest BCUT2D eigenvalue weighted by Gasteiger charge is 2.11. The van der Waals surface area contributed by atoms with Gasteiger partial charge in [0.15, 0.2) is 0 Å². The molecule has 114 valence electrons. The molecule has 0 aliphatic carbocycles. The molecule has 0 bridgehead atoms. The summed E-state index contributed by atoms with van der Waals surface area (Å²) in [5.74, 6) is -0.219. The van der Waals surface area contributed by atoms with Crippen molar-refractivity contribution in [2.75, 3.05) is 0 Å². The van der Waals surface area contributed by atoms with Gasteiger partial charge in [-0.25, -0.2) is 4.79 Å². The molecule has 0 saturated carbocycles. The molecule has 1 heterocycles. The third-order valence-electron chi connectivity index (χ3n) is 3.25. The molecule has 5 nitrogen and oxygen atoms in total. The average Bonchev–Trinajstić information content (AvgIpc) is 2.55. The van der Waals surface area contributed by atoms with Gasteiger partial charge in [0.25, 0.3) is 0 Å². The second-order valence-corrected chi connectivity index (χ2v) is 4.86. The number of carboxylic acid groups (broad SMARTS) is 1. The average molecular weight is 307 g/mol. The number of carboxylic acids is 1. The summed E-state index contributed by atoms with van der Waals surface area (Å²) in [5, 5.41) is 18.7. The third-order valence-corrected chi connectivity index (χ3v) is 3.25. The van der Waals surface area contributed by atoms with E-state index in [4.69, 9.17) is 9.84 Å². The Bertz CT molecular complexity index is 847. The fourth-order valence-electron chi connectivity index (χ4n) is 2.15. The van der Waals surface area contributed by atoms with E-state index in [0.717, 1.165) is 0 Å². The maximum Gasteiger partial charge on any atom is 0.339 e. The first-order chi connectivity index (χ1) is 11.1. The predicted octanol–water partition coefficient (Wildman–Crippen LogP) is 3.94. The molecule has 0 radical (unpaired) electrons. The maximum atomic E-state index is 10.9. The second kappa shape index (κ2) is 6.19. The molecule has 1 aromatic heterocycles. The number of pyridine rings is 1. The Labute approximate surface area is 132 Å². The molecular formula is C18H13NO4. The lowest BCUT2D eigenvalue weighted by molar-refractivity contribution is 0.0694. The summed E-state index contributed by atoms with van der Waals surface area (Å²) < 4.78 is 5.71. The molecule has 3 rings (SSSR count). The first kappa shape index (κ1) is 14.6. The second-order valence-electron chi connectivity index (χ2n) is 4.86. The number of benzene rings is 2. The quantitative estimate of drug-likeness (QED) is 0.763. The van der Waals surface area contributed by atoms with Gasteiger partial charge in [-0.2, -0.15) is 0 Å². The van der Waals surface area contributed by atoms with Gasteiger partial charge in [0.05, 0.1) is 6.20 Å². The van der Waals surface area contributed by atoms with Gasteiger partial charge in [0.1, 0.15) is 22.8 Å². The highest BCUT2D eigenvalue weighted by atomic mass is 16.5. The van der Waals surface area contributed by atoms with E-state index in [-0.39, 0.29) is 11.3 Å². The van der Waals surface area contributed by atoms with Gasteiger partial charge in [0.2, 0.25) is 0 Å². The molecule has 0 atom stereocenters. The normalized spacial score (nSPS) is 10.3. The molecule has 0 aliphatic rings. The summed E-state index contributed by atoms with van der Waals surface area (Å²) in [6.45, 7) is 0. The summed E-state index contributed by atoms with van der Waals surface area (Å²) in [5.41, 5.74) is 1.22. The molecule has 0 fully saturated rings. The van der Waals surface area contributed by atoms with Crippen LogP contribution in [0.4, 0.5) is 0 Å². The predicted molar refractivity (Wildman–Crippen MR) is 84.8 cm³/mol. The van der Waals surface area contributed by atoms with Gasteiger partial charge in [-0.3, -0.25) is 4.98 Å². The van der Waals surface area contributed by atoms with Crippen molar-refractivity contribution >= 4 is 5.97 Å². The molecule has 2 aromatic carbocycles. The van der Waals surface area contributed by atoms with Crippen molar-refractivity contribution in [3.8, 4) is 28.4 Å². The number of hydrogen-bond acceptors (Lipinski definition) is 4. The summed E-state index contributed by atoms with van der Waals surface area (Å²) in [6.07, 6.45) is 3.20. The Balaban J connectivity index is 1.91. The van der Waals surface area contributed by atoms with Gasteiger partial charge in [-0.05, 0) is 35.9 Å². The minimum atomic E-state index is -1.17. The van der Waals surface area contributed by atoms with Gasteiger partial charge in [0, 0.05) is 11.8 Å². The van der Waals surface area contributed by atoms with E-state index in [1.165, 1.54) is 12.1 Å². The number of phenols is 1. The number of aromatic carboxylic acids is 1. The zero-order valence-electron chi connectivity index (χ0n) is 12.0. The van der Waals surface area contributed by atoms with Crippen molar-refractivity contribution in [2.24, 2.45) is 0 Å². The van der Waals surface area contributed by atoms with Crippen LogP contribution in [0.2, 0.25) is 0 Å². The Morgan fingerprint density at radius 1 is 0.913 bits per heavy atom. The summed E-state index contributed by atoms with van der Waals surface area (Å²) in [7, 11) is 0. The van der Waals surface area contributed by atoms with E-state index in [1.807, 2.05) is 30.3 Å². The molecule has 0 saturated heterocycles. The Kier molecular flexibility index (Phi) is 3.93. The lowest BCUT2D eigenvalue weighted by Crippen LogP contribution is -1.96. The Morgan fingerprint density at radius 3 is 2.39 bits per heavy atom. The van der Waals surface area contributed by atoms with Crippen molar-refractivity contribution in [1.29, 1.82) is 0 Å². The molecular weight excluding hydrogens is 294 g/mol. The van der Waals surface area contributed by atoms with E-state index in [2.05, 4.69) is 4.98 Å². The van der Waals surface area contributed by atoms with Gasteiger partial charge < -0.3 is 14.9 Å². The van der Waals surface area contributed by atoms with Crippen LogP contribution in [0.5, 0.6) is 17.2 Å². The van der Waals surface area contributed by atoms with Gasteiger partial charge in [-0.1, -0.05) is 24.3 Å². The number of aromatic hydroxyl groups is 1. The number of hydrogen-bond donors (Lipinski definition) is 2. The SMILES string of the molecule is O=C(O)c1ccc(-c2cncc(Oc3ccccc3)c2)cc1O. The van der Waals surface area contributed by atoms with E-state index in [0.29, 0.717) is 22.6 Å². The molecule has 0 amide bonds. The summed E-state index contributed by atoms with van der Waals surface area (Å²) >= 11 is 0. The zero-order chi connectivity index (χ0) is 16.2. The fourth-order valence-corrected chi connectivity index (χ4v) is 2.15. The van der Waals surface area contributed by atoms with Crippen LogP contribution in [-0.2, 0) is 0 Å². The number of nitrogens with zero attached hydrogens (tertiary/aromatic N) is 1. The van der Waals surface area contributed by atoms with E-state index in [1.54, 1.807) is 24.5 Å². The summed E-state index contributed by atoms with van der Waals surface area (Å²) in [4.78, 5) is 15.1. The number of aromatic nitrogens is 1. The highest BCUT2D eigenvalue weighted by molar-refractivity contribution is 5.91. The highest BCUT2D eigenvalue weighted by Crippen LogP contribution is 2.29. The standard InChI is InChI=1S/C18H13NO4/c20-17-9-12(6-7-16(17)18(21)22)13-8-15(11-19-10-13)23-14-4-2-1-3-5-14/h1-11,20H,(H,21,22). The molecule has 0 unspecified atom stereocenters. The third kappa shape index (κ3) is 3.29. The van der Waals surface area contributed by atoms with Crippen LogP contribution in [0.15, 0.2) is 67.0 Å². The van der Waals surface area contributed by atoms with Gasteiger partial charge >= 0.3 is 5.97 Å². The molecule has 5 heteroatoms. The minimum absolute atomic E-state index is 0.140. The fraction of sp³-hybridized carbons (Fsp3) is 0. The number of rotatable bonds is 4. The lowest BCUT2D eigenvalue weighted by atomic mass is 10.0. The molecule has 2 N–H and O–H groups in total. The van der Waals surface area contributed by atoms with Crippen LogP contribution in [-0.4, -0.2) is 21.2 Å². The summed E-state index contributed by atoms with van der Waals surface area (Å²) in [6, 6.07) is 15.4. The Morgan fingerprint density at radius 2 is 1.70 bits per heavy atom. The van der Waals surface area contributed by atoms with Crippen LogP contribution in [0.1, 0.15) is 10.4 Å². The first-order valence-electron chi connectivity index (χ1n) is 6.88. The van der Waals surface area contributed by atoms with Crippen molar-refractivity contribution in [3.05, 3.63) is 72.6 Å². The largest absolute Gasteiger partial charge is 0.507 e. The number of para-hydroxylation sites is 1.